The number of halogens is 2. The molecule has 0 N–H and O–H groups in total. The van der Waals surface area contributed by atoms with E-state index in [1.54, 1.807) is 0 Å². The number of hydrogen-bond acceptors (Lipinski definition) is 4. The fraction of sp³-hybridized carbons (Fsp3) is 0.242. The minimum absolute atomic E-state index is 0.612. The summed E-state index contributed by atoms with van der Waals surface area (Å²) in [6.07, 6.45) is 2.63. The van der Waals surface area contributed by atoms with Gasteiger partial charge >= 0.3 is 73.4 Å². The van der Waals surface area contributed by atoms with Crippen LogP contribution in [0.2, 0.25) is 0 Å². The van der Waals surface area contributed by atoms with E-state index in [2.05, 4.69) is 79.5 Å². The first-order chi connectivity index (χ1) is 19.3. The second kappa shape index (κ2) is 14.8. The maximum absolute atomic E-state index is 6.22. The summed E-state index contributed by atoms with van der Waals surface area (Å²) in [7, 11) is 11.3. The predicted octanol–water partition coefficient (Wildman–Crippen LogP) is 8.15. The number of benzene rings is 3. The van der Waals surface area contributed by atoms with Gasteiger partial charge in [0.15, 0.2) is 0 Å². The molecule has 3 aromatic carbocycles. The molecule has 0 unspecified atom stereocenters. The van der Waals surface area contributed by atoms with Gasteiger partial charge < -0.3 is 14.5 Å². The summed E-state index contributed by atoms with van der Waals surface area (Å²) >= 11 is -1.61. The molecule has 1 aliphatic rings. The number of ether oxygens (including phenoxy) is 1. The van der Waals surface area contributed by atoms with Crippen LogP contribution in [-0.2, 0) is 19.9 Å². The Bertz CT molecular complexity index is 1400. The van der Waals surface area contributed by atoms with E-state index in [1.165, 1.54) is 27.9 Å². The summed E-state index contributed by atoms with van der Waals surface area (Å²) in [6, 6.07) is 26.7. The fourth-order valence-corrected chi connectivity index (χ4v) is 6.83. The van der Waals surface area contributed by atoms with Crippen LogP contribution in [0, 0.1) is 34.4 Å². The van der Waals surface area contributed by atoms with Gasteiger partial charge in [-0.05, 0) is 62.6 Å². The summed E-state index contributed by atoms with van der Waals surface area (Å²) < 4.78 is 8.14. The Morgan fingerprint density at radius 2 is 1.50 bits per heavy atom. The van der Waals surface area contributed by atoms with Gasteiger partial charge in [-0.1, -0.05) is 35.9 Å². The third kappa shape index (κ3) is 8.40. The van der Waals surface area contributed by atoms with Gasteiger partial charge in [-0.25, -0.2) is 0 Å². The van der Waals surface area contributed by atoms with E-state index < -0.39 is 13.5 Å². The Hall–Kier alpha value is -2.72. The van der Waals surface area contributed by atoms with Gasteiger partial charge in [0, 0.05) is 37.1 Å². The van der Waals surface area contributed by atoms with Crippen LogP contribution in [0.3, 0.4) is 0 Å². The zero-order chi connectivity index (χ0) is 28.5. The van der Waals surface area contributed by atoms with Crippen LogP contribution in [0.1, 0.15) is 33.5 Å². The van der Waals surface area contributed by atoms with Crippen molar-refractivity contribution in [1.29, 1.82) is 0 Å². The van der Waals surface area contributed by atoms with Crippen molar-refractivity contribution >= 4 is 35.4 Å². The molecule has 0 atom stereocenters. The topological polar surface area (TPSA) is 28.6 Å². The van der Waals surface area contributed by atoms with Crippen molar-refractivity contribution in [2.45, 2.75) is 34.1 Å². The molecule has 1 fully saturated rings. The first kappa shape index (κ1) is 30.2. The van der Waals surface area contributed by atoms with Crippen molar-refractivity contribution in [3.05, 3.63) is 125 Å². The zero-order valence-electron chi connectivity index (χ0n) is 23.4. The molecule has 0 amide bonds. The van der Waals surface area contributed by atoms with Crippen LogP contribution in [0.25, 0.3) is 0 Å². The normalized spacial score (nSPS) is 13.0. The Morgan fingerprint density at radius 3 is 2.15 bits per heavy atom. The van der Waals surface area contributed by atoms with E-state index in [0.717, 1.165) is 42.2 Å². The molecule has 1 aromatic heterocycles. The number of aryl methyl sites for hydroxylation is 4. The molecule has 5 rings (SSSR count). The molecule has 1 saturated heterocycles. The quantitative estimate of drug-likeness (QED) is 0.148. The second-order valence-electron chi connectivity index (χ2n) is 9.81. The van der Waals surface area contributed by atoms with Crippen LogP contribution in [0.15, 0.2) is 85.1 Å². The SMILES string of the molecule is Cc1cc(C)c(N2[CH-]N(c3c(C)cccc3OCCc3ccccn3)CC2)c(C)c1.[Cl][Ru]([Cl])=[CH]c1ccccc1. The van der Waals surface area contributed by atoms with Crippen molar-refractivity contribution < 1.29 is 18.3 Å². The Morgan fingerprint density at radius 1 is 0.825 bits per heavy atom. The predicted molar refractivity (Wildman–Crippen MR) is 168 cm³/mol. The monoisotopic (exact) mass is 662 g/mol. The molecule has 212 valence electrons. The third-order valence-electron chi connectivity index (χ3n) is 6.61. The van der Waals surface area contributed by atoms with Crippen LogP contribution in [-0.4, -0.2) is 29.3 Å². The standard InChI is InChI=1S/C26H30N3O.C7H6.2ClH.Ru/c1-19-16-21(3)25(22(4)17-19)28-13-14-29(18-28)26-20(2)8-7-10-24(26)30-15-11-23-9-5-6-12-27-23;1-7-5-3-2-4-6-7;;;/h5-10,12,16-18H,11,13-15H2,1-4H3;1-6H;2*1H;/q-1;;;;+2/p-2. The molecular weight excluding hydrogens is 626 g/mol. The molecule has 7 heteroatoms. The summed E-state index contributed by atoms with van der Waals surface area (Å²) in [5.74, 6) is 0.932. The molecule has 0 radical (unpaired) electrons. The molecule has 4 nitrogen and oxygen atoms in total. The first-order valence-corrected chi connectivity index (χ1v) is 18.8. The number of aromatic nitrogens is 1. The van der Waals surface area contributed by atoms with E-state index in [4.69, 9.17) is 24.1 Å². The van der Waals surface area contributed by atoms with Gasteiger partial charge in [-0.2, -0.15) is 6.67 Å². The average Bonchev–Trinajstić information content (AvgIpc) is 3.38. The molecular formula is C33H36Cl2N3ORu-. The number of pyridine rings is 1. The number of para-hydroxylation sites is 1. The maximum atomic E-state index is 6.22. The van der Waals surface area contributed by atoms with Crippen LogP contribution in [0.4, 0.5) is 11.4 Å². The van der Waals surface area contributed by atoms with Crippen molar-refractivity contribution in [1.82, 2.24) is 4.98 Å². The van der Waals surface area contributed by atoms with Gasteiger partial charge in [0.2, 0.25) is 0 Å². The Balaban J connectivity index is 0.000000312. The van der Waals surface area contributed by atoms with Crippen LogP contribution >= 0.6 is 19.4 Å². The van der Waals surface area contributed by atoms with Gasteiger partial charge in [0.1, 0.15) is 5.75 Å². The van der Waals surface area contributed by atoms with E-state index in [0.29, 0.717) is 6.61 Å². The molecule has 40 heavy (non-hydrogen) atoms. The minimum atomic E-state index is -1.61. The molecule has 4 aromatic rings. The zero-order valence-corrected chi connectivity index (χ0v) is 26.7. The van der Waals surface area contributed by atoms with Gasteiger partial charge in [-0.15, -0.1) is 0 Å². The van der Waals surface area contributed by atoms with Crippen molar-refractivity contribution in [2.75, 3.05) is 29.5 Å². The molecule has 1 aliphatic heterocycles. The first-order valence-electron chi connectivity index (χ1n) is 13.3. The van der Waals surface area contributed by atoms with Gasteiger partial charge in [-0.3, -0.25) is 4.98 Å². The van der Waals surface area contributed by atoms with Crippen molar-refractivity contribution in [3.63, 3.8) is 0 Å². The number of rotatable bonds is 7. The van der Waals surface area contributed by atoms with Gasteiger partial charge in [0.25, 0.3) is 0 Å². The summed E-state index contributed by atoms with van der Waals surface area (Å²) in [4.78, 5) is 9.08. The van der Waals surface area contributed by atoms with Crippen molar-refractivity contribution in [2.24, 2.45) is 0 Å². The molecule has 2 heterocycles. The fourth-order valence-electron chi connectivity index (χ4n) is 5.00. The summed E-state index contributed by atoms with van der Waals surface area (Å²) in [5, 5.41) is 0. The molecule has 0 aliphatic carbocycles. The van der Waals surface area contributed by atoms with E-state index in [1.807, 2.05) is 59.3 Å². The number of nitrogens with zero attached hydrogens (tertiary/aromatic N) is 3. The summed E-state index contributed by atoms with van der Waals surface area (Å²) in [5.41, 5.74) is 9.82. The number of hydrogen-bond donors (Lipinski definition) is 0. The Labute approximate surface area is 252 Å². The van der Waals surface area contributed by atoms with E-state index in [-0.39, 0.29) is 0 Å². The summed E-state index contributed by atoms with van der Waals surface area (Å²) in [6.45, 7) is 13.5. The van der Waals surface area contributed by atoms with Gasteiger partial charge in [0.05, 0.1) is 12.3 Å². The number of anilines is 2. The Kier molecular flexibility index (Phi) is 11.2. The third-order valence-corrected chi connectivity index (χ3v) is 8.48. The van der Waals surface area contributed by atoms with Crippen molar-refractivity contribution in [3.8, 4) is 5.75 Å². The molecule has 0 spiro atoms. The molecule has 0 bridgehead atoms. The second-order valence-corrected chi connectivity index (χ2v) is 15.5. The van der Waals surface area contributed by atoms with E-state index in [9.17, 15) is 0 Å². The molecule has 0 saturated carbocycles. The average molecular weight is 663 g/mol. The van der Waals surface area contributed by atoms with E-state index >= 15 is 0 Å². The van der Waals surface area contributed by atoms with Crippen LogP contribution < -0.4 is 14.5 Å². The van der Waals surface area contributed by atoms with Crippen LogP contribution in [0.5, 0.6) is 5.75 Å².